The van der Waals surface area contributed by atoms with E-state index >= 15 is 0 Å². The van der Waals surface area contributed by atoms with Crippen molar-refractivity contribution in [1.29, 1.82) is 0 Å². The van der Waals surface area contributed by atoms with Crippen molar-refractivity contribution in [2.45, 2.75) is 13.5 Å². The Bertz CT molecular complexity index is 638. The smallest absolute Gasteiger partial charge is 0.339 e. The van der Waals surface area contributed by atoms with Crippen LogP contribution in [0.15, 0.2) is 42.5 Å². The molecule has 0 aliphatic heterocycles. The molecule has 1 N–H and O–H groups in total. The number of rotatable bonds is 5. The molecule has 4 nitrogen and oxygen atoms in total. The number of carbonyl (C=O) groups is 1. The lowest BCUT2D eigenvalue weighted by Gasteiger charge is -2.12. The van der Waals surface area contributed by atoms with Gasteiger partial charge in [-0.25, -0.2) is 4.79 Å². The van der Waals surface area contributed by atoms with Crippen molar-refractivity contribution in [1.82, 2.24) is 0 Å². The summed E-state index contributed by atoms with van der Waals surface area (Å²) in [5, 5.41) is 3.27. The average molecular weight is 285 g/mol. The fourth-order valence-electron chi connectivity index (χ4n) is 2.07. The molecule has 0 aromatic heterocycles. The van der Waals surface area contributed by atoms with E-state index in [9.17, 15) is 4.79 Å². The largest absolute Gasteiger partial charge is 0.497 e. The minimum Gasteiger partial charge on any atom is -0.497 e. The average Bonchev–Trinajstić information content (AvgIpc) is 2.53. The molecular formula is C17H19NO3. The van der Waals surface area contributed by atoms with E-state index in [1.807, 2.05) is 49.4 Å². The number of aryl methyl sites for hydroxylation is 1. The van der Waals surface area contributed by atoms with Crippen molar-refractivity contribution in [2.24, 2.45) is 0 Å². The Morgan fingerprint density at radius 1 is 1.14 bits per heavy atom. The highest BCUT2D eigenvalue weighted by Gasteiger charge is 2.11. The molecule has 4 heteroatoms. The van der Waals surface area contributed by atoms with Gasteiger partial charge < -0.3 is 14.8 Å². The van der Waals surface area contributed by atoms with E-state index in [1.54, 1.807) is 7.11 Å². The van der Waals surface area contributed by atoms with Crippen molar-refractivity contribution in [3.05, 3.63) is 59.2 Å². The Morgan fingerprint density at radius 2 is 1.95 bits per heavy atom. The Kier molecular flexibility index (Phi) is 4.82. The van der Waals surface area contributed by atoms with Gasteiger partial charge in [-0.15, -0.1) is 0 Å². The van der Waals surface area contributed by atoms with Gasteiger partial charge in [-0.1, -0.05) is 23.8 Å². The van der Waals surface area contributed by atoms with Crippen LogP contribution in [0.2, 0.25) is 0 Å². The molecule has 0 saturated carbocycles. The van der Waals surface area contributed by atoms with Gasteiger partial charge in [0.1, 0.15) is 5.75 Å². The quantitative estimate of drug-likeness (QED) is 0.855. The minimum atomic E-state index is -0.341. The summed E-state index contributed by atoms with van der Waals surface area (Å²) in [6.07, 6.45) is 0. The van der Waals surface area contributed by atoms with Crippen LogP contribution in [0.5, 0.6) is 5.75 Å². The topological polar surface area (TPSA) is 47.6 Å². The third-order valence-electron chi connectivity index (χ3n) is 3.20. The van der Waals surface area contributed by atoms with Gasteiger partial charge in [-0.3, -0.25) is 0 Å². The Hall–Kier alpha value is -2.49. The number of nitrogens with one attached hydrogen (secondary N) is 1. The molecular weight excluding hydrogens is 266 g/mol. The van der Waals surface area contributed by atoms with Crippen LogP contribution < -0.4 is 10.1 Å². The molecule has 0 fully saturated rings. The second kappa shape index (κ2) is 6.79. The van der Waals surface area contributed by atoms with Crippen LogP contribution in [0, 0.1) is 6.92 Å². The summed E-state index contributed by atoms with van der Waals surface area (Å²) >= 11 is 0. The van der Waals surface area contributed by atoms with E-state index in [2.05, 4.69) is 5.32 Å². The summed E-state index contributed by atoms with van der Waals surface area (Å²) in [6, 6.07) is 13.5. The number of anilines is 1. The number of hydrogen-bond acceptors (Lipinski definition) is 4. The van der Waals surface area contributed by atoms with Crippen LogP contribution in [-0.2, 0) is 11.3 Å². The Balaban J connectivity index is 2.17. The molecule has 2 aromatic carbocycles. The molecule has 110 valence electrons. The van der Waals surface area contributed by atoms with Crippen LogP contribution >= 0.6 is 0 Å². The van der Waals surface area contributed by atoms with Crippen LogP contribution in [-0.4, -0.2) is 20.2 Å². The molecule has 21 heavy (non-hydrogen) atoms. The highest BCUT2D eigenvalue weighted by atomic mass is 16.5. The first-order chi connectivity index (χ1) is 10.1. The van der Waals surface area contributed by atoms with Crippen molar-refractivity contribution in [2.75, 3.05) is 19.5 Å². The fraction of sp³-hybridized carbons (Fsp3) is 0.235. The number of ether oxygens (including phenoxy) is 2. The van der Waals surface area contributed by atoms with Gasteiger partial charge in [-0.2, -0.15) is 0 Å². The van der Waals surface area contributed by atoms with E-state index in [0.717, 1.165) is 22.6 Å². The zero-order chi connectivity index (χ0) is 15.2. The van der Waals surface area contributed by atoms with Crippen molar-refractivity contribution in [3.63, 3.8) is 0 Å². The summed E-state index contributed by atoms with van der Waals surface area (Å²) < 4.78 is 10.0. The second-order valence-corrected chi connectivity index (χ2v) is 4.75. The molecule has 2 aromatic rings. The molecule has 0 spiro atoms. The zero-order valence-electron chi connectivity index (χ0n) is 12.5. The lowest BCUT2D eigenvalue weighted by atomic mass is 10.1. The lowest BCUT2D eigenvalue weighted by molar-refractivity contribution is 0.0601. The first-order valence-corrected chi connectivity index (χ1v) is 6.70. The van der Waals surface area contributed by atoms with Gasteiger partial charge in [0, 0.05) is 12.2 Å². The fourth-order valence-corrected chi connectivity index (χ4v) is 2.07. The van der Waals surface area contributed by atoms with Gasteiger partial charge in [0.05, 0.1) is 19.8 Å². The maximum atomic E-state index is 11.8. The number of methoxy groups -OCH3 is 2. The number of esters is 1. The third kappa shape index (κ3) is 3.75. The predicted octanol–water partition coefficient (Wildman–Crippen LogP) is 3.40. The van der Waals surface area contributed by atoms with Gasteiger partial charge >= 0.3 is 5.97 Å². The summed E-state index contributed by atoms with van der Waals surface area (Å²) in [4.78, 5) is 11.8. The summed E-state index contributed by atoms with van der Waals surface area (Å²) in [5.41, 5.74) is 3.39. The zero-order valence-corrected chi connectivity index (χ0v) is 12.5. The Labute approximate surface area is 124 Å². The molecule has 0 amide bonds. The summed E-state index contributed by atoms with van der Waals surface area (Å²) in [6.45, 7) is 2.54. The van der Waals surface area contributed by atoms with Crippen molar-refractivity contribution in [3.8, 4) is 5.75 Å². The number of hydrogen-bond donors (Lipinski definition) is 1. The van der Waals surface area contributed by atoms with Crippen LogP contribution in [0.25, 0.3) is 0 Å². The monoisotopic (exact) mass is 285 g/mol. The van der Waals surface area contributed by atoms with Gasteiger partial charge in [0.15, 0.2) is 0 Å². The number of carbonyl (C=O) groups excluding carboxylic acids is 1. The summed E-state index contributed by atoms with van der Waals surface area (Å²) in [5.74, 6) is 0.471. The number of benzene rings is 2. The van der Waals surface area contributed by atoms with Gasteiger partial charge in [-0.05, 0) is 36.8 Å². The van der Waals surface area contributed by atoms with E-state index in [-0.39, 0.29) is 5.97 Å². The lowest BCUT2D eigenvalue weighted by Crippen LogP contribution is -2.08. The molecule has 0 atom stereocenters. The first-order valence-electron chi connectivity index (χ1n) is 6.70. The predicted molar refractivity (Wildman–Crippen MR) is 82.8 cm³/mol. The maximum Gasteiger partial charge on any atom is 0.339 e. The molecule has 0 unspecified atom stereocenters. The minimum absolute atomic E-state index is 0.341. The molecule has 0 aliphatic rings. The summed E-state index contributed by atoms with van der Waals surface area (Å²) in [7, 11) is 3.03. The Morgan fingerprint density at radius 3 is 2.67 bits per heavy atom. The van der Waals surface area contributed by atoms with Crippen LogP contribution in [0.1, 0.15) is 21.5 Å². The molecule has 2 rings (SSSR count). The first kappa shape index (κ1) is 14.9. The van der Waals surface area contributed by atoms with Crippen molar-refractivity contribution < 1.29 is 14.3 Å². The van der Waals surface area contributed by atoms with E-state index in [4.69, 9.17) is 9.47 Å². The van der Waals surface area contributed by atoms with Crippen LogP contribution in [0.3, 0.4) is 0 Å². The SMILES string of the molecule is COC(=O)c1cc(C)ccc1NCc1cccc(OC)c1. The molecule has 0 bridgehead atoms. The molecule has 0 heterocycles. The molecule has 0 aliphatic carbocycles. The van der Waals surface area contributed by atoms with E-state index in [0.29, 0.717) is 12.1 Å². The highest BCUT2D eigenvalue weighted by Crippen LogP contribution is 2.20. The van der Waals surface area contributed by atoms with Gasteiger partial charge in [0.2, 0.25) is 0 Å². The van der Waals surface area contributed by atoms with Crippen molar-refractivity contribution >= 4 is 11.7 Å². The van der Waals surface area contributed by atoms with E-state index < -0.39 is 0 Å². The standard InChI is InChI=1S/C17H19NO3/c1-12-7-8-16(15(9-12)17(19)21-3)18-11-13-5-4-6-14(10-13)20-2/h4-10,18H,11H2,1-3H3. The molecule has 0 radical (unpaired) electrons. The second-order valence-electron chi connectivity index (χ2n) is 4.75. The highest BCUT2D eigenvalue weighted by molar-refractivity contribution is 5.95. The normalized spacial score (nSPS) is 10.0. The van der Waals surface area contributed by atoms with Gasteiger partial charge in [0.25, 0.3) is 0 Å². The maximum absolute atomic E-state index is 11.8. The third-order valence-corrected chi connectivity index (χ3v) is 3.20. The van der Waals surface area contributed by atoms with Crippen LogP contribution in [0.4, 0.5) is 5.69 Å². The molecule has 0 saturated heterocycles. The van der Waals surface area contributed by atoms with E-state index in [1.165, 1.54) is 7.11 Å².